The fraction of sp³-hybridized carbons (Fsp3) is 0.786. The summed E-state index contributed by atoms with van der Waals surface area (Å²) in [6.45, 7) is 10.2. The van der Waals surface area contributed by atoms with Crippen LogP contribution in [-0.2, 0) is 9.59 Å². The van der Waals surface area contributed by atoms with E-state index in [4.69, 9.17) is 5.11 Å². The van der Waals surface area contributed by atoms with Crippen LogP contribution in [0.5, 0.6) is 0 Å². The standard InChI is InChI=1S/C14H27N3O4/c1-6-17(7-2)12(18)10(5)15-14(21)16-11(13(19)20)8-9(3)4/h9-11H,6-8H2,1-5H3,(H,19,20)(H2,15,16,21)/t10?,11-/m0/s1. The largest absolute Gasteiger partial charge is 0.480 e. The van der Waals surface area contributed by atoms with Crippen molar-refractivity contribution in [3.63, 3.8) is 0 Å². The molecule has 1 unspecified atom stereocenters. The second-order valence-corrected chi connectivity index (χ2v) is 5.37. The van der Waals surface area contributed by atoms with Gasteiger partial charge in [-0.05, 0) is 33.1 Å². The normalized spacial score (nSPS) is 13.4. The number of hydrogen-bond donors (Lipinski definition) is 3. The molecule has 0 heterocycles. The first kappa shape index (κ1) is 19.2. The van der Waals surface area contributed by atoms with E-state index in [1.807, 2.05) is 27.7 Å². The van der Waals surface area contributed by atoms with Crippen molar-refractivity contribution >= 4 is 17.9 Å². The van der Waals surface area contributed by atoms with Crippen molar-refractivity contribution in [2.45, 2.75) is 53.1 Å². The first-order chi connectivity index (χ1) is 9.72. The van der Waals surface area contributed by atoms with Crippen molar-refractivity contribution < 1.29 is 19.5 Å². The second kappa shape index (κ2) is 9.20. The van der Waals surface area contributed by atoms with Crippen LogP contribution in [0.2, 0.25) is 0 Å². The summed E-state index contributed by atoms with van der Waals surface area (Å²) in [5.74, 6) is -1.13. The quantitative estimate of drug-likeness (QED) is 0.624. The van der Waals surface area contributed by atoms with Gasteiger partial charge in [0.1, 0.15) is 12.1 Å². The Kier molecular flexibility index (Phi) is 8.42. The Balaban J connectivity index is 4.53. The minimum atomic E-state index is -1.08. The van der Waals surface area contributed by atoms with Gasteiger partial charge in [-0.3, -0.25) is 4.79 Å². The molecule has 0 aliphatic carbocycles. The van der Waals surface area contributed by atoms with Gasteiger partial charge in [-0.25, -0.2) is 9.59 Å². The Bertz CT molecular complexity index is 367. The zero-order chi connectivity index (χ0) is 16.6. The van der Waals surface area contributed by atoms with Crippen LogP contribution in [0.4, 0.5) is 4.79 Å². The van der Waals surface area contributed by atoms with E-state index in [1.165, 1.54) is 0 Å². The number of amides is 3. The molecule has 2 atom stereocenters. The fourth-order valence-corrected chi connectivity index (χ4v) is 1.96. The van der Waals surface area contributed by atoms with Crippen LogP contribution in [0.1, 0.15) is 41.0 Å². The number of carbonyl (C=O) groups is 3. The Morgan fingerprint density at radius 3 is 1.95 bits per heavy atom. The average Bonchev–Trinajstić information content (AvgIpc) is 2.38. The topological polar surface area (TPSA) is 98.7 Å². The molecule has 0 aromatic rings. The first-order valence-corrected chi connectivity index (χ1v) is 7.31. The van der Waals surface area contributed by atoms with Crippen LogP contribution in [-0.4, -0.2) is 53.1 Å². The molecule has 0 radical (unpaired) electrons. The number of nitrogens with one attached hydrogen (secondary N) is 2. The monoisotopic (exact) mass is 301 g/mol. The molecule has 0 saturated heterocycles. The highest BCUT2D eigenvalue weighted by molar-refractivity contribution is 5.88. The van der Waals surface area contributed by atoms with E-state index in [9.17, 15) is 14.4 Å². The maximum absolute atomic E-state index is 12.0. The van der Waals surface area contributed by atoms with Crippen molar-refractivity contribution in [3.8, 4) is 0 Å². The molecule has 0 saturated carbocycles. The van der Waals surface area contributed by atoms with Crippen molar-refractivity contribution in [3.05, 3.63) is 0 Å². The molecule has 0 spiro atoms. The number of nitrogens with zero attached hydrogens (tertiary/aromatic N) is 1. The third-order valence-corrected chi connectivity index (χ3v) is 3.10. The lowest BCUT2D eigenvalue weighted by atomic mass is 10.0. The molecule has 7 heteroatoms. The molecule has 0 aliphatic rings. The molecule has 0 aromatic heterocycles. The maximum atomic E-state index is 12.0. The summed E-state index contributed by atoms with van der Waals surface area (Å²) >= 11 is 0. The molecular formula is C14H27N3O4. The fourth-order valence-electron chi connectivity index (χ4n) is 1.96. The highest BCUT2D eigenvalue weighted by Crippen LogP contribution is 2.05. The molecule has 7 nitrogen and oxygen atoms in total. The van der Waals surface area contributed by atoms with Gasteiger partial charge >= 0.3 is 12.0 Å². The smallest absolute Gasteiger partial charge is 0.326 e. The molecule has 21 heavy (non-hydrogen) atoms. The lowest BCUT2D eigenvalue weighted by Crippen LogP contribution is -2.53. The van der Waals surface area contributed by atoms with Crippen molar-refractivity contribution in [2.24, 2.45) is 5.92 Å². The zero-order valence-electron chi connectivity index (χ0n) is 13.5. The van der Waals surface area contributed by atoms with Crippen LogP contribution in [0.3, 0.4) is 0 Å². The summed E-state index contributed by atoms with van der Waals surface area (Å²) < 4.78 is 0. The Labute approximate surface area is 126 Å². The summed E-state index contributed by atoms with van der Waals surface area (Å²) in [4.78, 5) is 36.5. The average molecular weight is 301 g/mol. The zero-order valence-corrected chi connectivity index (χ0v) is 13.5. The first-order valence-electron chi connectivity index (χ1n) is 7.31. The second-order valence-electron chi connectivity index (χ2n) is 5.37. The van der Waals surface area contributed by atoms with E-state index in [-0.39, 0.29) is 11.8 Å². The number of carbonyl (C=O) groups excluding carboxylic acids is 2. The number of urea groups is 1. The lowest BCUT2D eigenvalue weighted by Gasteiger charge is -2.24. The number of carboxylic acids is 1. The van der Waals surface area contributed by atoms with Gasteiger partial charge in [-0.1, -0.05) is 13.8 Å². The minimum Gasteiger partial charge on any atom is -0.480 e. The maximum Gasteiger partial charge on any atom is 0.326 e. The summed E-state index contributed by atoms with van der Waals surface area (Å²) in [5.41, 5.74) is 0. The van der Waals surface area contributed by atoms with Crippen LogP contribution in [0.15, 0.2) is 0 Å². The Morgan fingerprint density at radius 2 is 1.57 bits per heavy atom. The molecular weight excluding hydrogens is 274 g/mol. The highest BCUT2D eigenvalue weighted by atomic mass is 16.4. The number of likely N-dealkylation sites (N-methyl/N-ethyl adjacent to an activating group) is 1. The van der Waals surface area contributed by atoms with Gasteiger partial charge < -0.3 is 20.6 Å². The predicted molar refractivity (Wildman–Crippen MR) is 79.9 cm³/mol. The third kappa shape index (κ3) is 6.97. The van der Waals surface area contributed by atoms with Gasteiger partial charge in [0, 0.05) is 13.1 Å². The summed E-state index contributed by atoms with van der Waals surface area (Å²) in [5, 5.41) is 13.9. The van der Waals surface area contributed by atoms with Crippen molar-refractivity contribution in [2.75, 3.05) is 13.1 Å². The van der Waals surface area contributed by atoms with E-state index in [1.54, 1.807) is 11.8 Å². The SMILES string of the molecule is CCN(CC)C(=O)C(C)NC(=O)N[C@@H](CC(C)C)C(=O)O. The Morgan fingerprint density at radius 1 is 1.05 bits per heavy atom. The van der Waals surface area contributed by atoms with Gasteiger partial charge in [0.05, 0.1) is 0 Å². The van der Waals surface area contributed by atoms with E-state index >= 15 is 0 Å². The molecule has 0 aromatic carbocycles. The van der Waals surface area contributed by atoms with Gasteiger partial charge in [0.2, 0.25) is 5.91 Å². The number of hydrogen-bond acceptors (Lipinski definition) is 3. The van der Waals surface area contributed by atoms with E-state index in [0.29, 0.717) is 19.5 Å². The van der Waals surface area contributed by atoms with E-state index in [0.717, 1.165) is 0 Å². The van der Waals surface area contributed by atoms with E-state index in [2.05, 4.69) is 10.6 Å². The lowest BCUT2D eigenvalue weighted by molar-refractivity contribution is -0.139. The van der Waals surface area contributed by atoms with Crippen LogP contribution in [0.25, 0.3) is 0 Å². The van der Waals surface area contributed by atoms with Gasteiger partial charge in [-0.2, -0.15) is 0 Å². The molecule has 0 aliphatic heterocycles. The van der Waals surface area contributed by atoms with Gasteiger partial charge in [-0.15, -0.1) is 0 Å². The Hall–Kier alpha value is -1.79. The molecule has 3 N–H and O–H groups in total. The van der Waals surface area contributed by atoms with Gasteiger partial charge in [0.25, 0.3) is 0 Å². The molecule has 3 amide bonds. The van der Waals surface area contributed by atoms with Crippen molar-refractivity contribution in [1.82, 2.24) is 15.5 Å². The van der Waals surface area contributed by atoms with Crippen LogP contribution < -0.4 is 10.6 Å². The van der Waals surface area contributed by atoms with E-state index < -0.39 is 24.1 Å². The molecule has 122 valence electrons. The third-order valence-electron chi connectivity index (χ3n) is 3.10. The summed E-state index contributed by atoms with van der Waals surface area (Å²) in [7, 11) is 0. The van der Waals surface area contributed by atoms with Crippen LogP contribution >= 0.6 is 0 Å². The molecule has 0 rings (SSSR count). The molecule has 0 bridgehead atoms. The van der Waals surface area contributed by atoms with Crippen LogP contribution in [0, 0.1) is 5.92 Å². The molecule has 0 fully saturated rings. The highest BCUT2D eigenvalue weighted by Gasteiger charge is 2.24. The summed E-state index contributed by atoms with van der Waals surface area (Å²) in [6.07, 6.45) is 0.334. The summed E-state index contributed by atoms with van der Waals surface area (Å²) in [6, 6.07) is -2.30. The number of carboxylic acid groups (broad SMARTS) is 1. The van der Waals surface area contributed by atoms with Gasteiger partial charge in [0.15, 0.2) is 0 Å². The minimum absolute atomic E-state index is 0.140. The predicted octanol–water partition coefficient (Wildman–Crippen LogP) is 1.04. The number of aliphatic carboxylic acids is 1. The van der Waals surface area contributed by atoms with Crippen molar-refractivity contribution in [1.29, 1.82) is 0 Å². The number of rotatable bonds is 8.